The summed E-state index contributed by atoms with van der Waals surface area (Å²) in [6.45, 7) is 6.80. The Kier molecular flexibility index (Phi) is 5.40. The highest BCUT2D eigenvalue weighted by atomic mass is 16.2. The minimum Gasteiger partial charge on any atom is -0.353 e. The number of piperazine rings is 1. The van der Waals surface area contributed by atoms with Crippen LogP contribution in [-0.4, -0.2) is 48.4 Å². The summed E-state index contributed by atoms with van der Waals surface area (Å²) in [5, 5.41) is 5.90. The van der Waals surface area contributed by atoms with Gasteiger partial charge in [-0.25, -0.2) is 0 Å². The van der Waals surface area contributed by atoms with Crippen LogP contribution in [-0.2, 0) is 9.59 Å². The van der Waals surface area contributed by atoms with E-state index in [9.17, 15) is 9.59 Å². The van der Waals surface area contributed by atoms with E-state index in [0.717, 1.165) is 32.4 Å². The molecule has 5 heteroatoms. The first-order valence-electron chi connectivity index (χ1n) is 7.87. The number of rotatable bonds is 6. The molecular weight excluding hydrogens is 254 g/mol. The van der Waals surface area contributed by atoms with Gasteiger partial charge in [-0.3, -0.25) is 14.5 Å². The largest absolute Gasteiger partial charge is 0.353 e. The Labute approximate surface area is 121 Å². The zero-order valence-electron chi connectivity index (χ0n) is 12.7. The molecule has 2 aliphatic rings. The molecule has 2 N–H and O–H groups in total. The smallest absolute Gasteiger partial charge is 0.237 e. The predicted octanol–water partition coefficient (Wildman–Crippen LogP) is 0.892. The summed E-state index contributed by atoms with van der Waals surface area (Å²) in [5.41, 5.74) is 0. The first-order chi connectivity index (χ1) is 9.56. The molecule has 0 aromatic rings. The van der Waals surface area contributed by atoms with E-state index in [-0.39, 0.29) is 17.9 Å². The van der Waals surface area contributed by atoms with Crippen molar-refractivity contribution in [2.75, 3.05) is 19.6 Å². The monoisotopic (exact) mass is 281 g/mol. The molecule has 1 saturated heterocycles. The Morgan fingerprint density at radius 3 is 2.80 bits per heavy atom. The van der Waals surface area contributed by atoms with Gasteiger partial charge in [0.1, 0.15) is 0 Å². The zero-order valence-corrected chi connectivity index (χ0v) is 12.7. The van der Waals surface area contributed by atoms with Crippen molar-refractivity contribution in [2.24, 2.45) is 5.92 Å². The summed E-state index contributed by atoms with van der Waals surface area (Å²) >= 11 is 0. The second kappa shape index (κ2) is 7.07. The number of hydrogen-bond acceptors (Lipinski definition) is 3. The van der Waals surface area contributed by atoms with Gasteiger partial charge in [0, 0.05) is 19.1 Å². The number of nitrogens with zero attached hydrogens (tertiary/aromatic N) is 1. The van der Waals surface area contributed by atoms with Gasteiger partial charge in [-0.2, -0.15) is 0 Å². The van der Waals surface area contributed by atoms with Gasteiger partial charge < -0.3 is 10.6 Å². The summed E-state index contributed by atoms with van der Waals surface area (Å²) in [4.78, 5) is 26.2. The van der Waals surface area contributed by atoms with E-state index in [1.165, 1.54) is 6.42 Å². The quantitative estimate of drug-likeness (QED) is 0.760. The Morgan fingerprint density at radius 1 is 1.45 bits per heavy atom. The number of amides is 2. The molecule has 2 rings (SSSR count). The summed E-state index contributed by atoms with van der Waals surface area (Å²) < 4.78 is 0. The fourth-order valence-corrected chi connectivity index (χ4v) is 2.69. The van der Waals surface area contributed by atoms with Crippen molar-refractivity contribution in [3.05, 3.63) is 0 Å². The first kappa shape index (κ1) is 15.3. The summed E-state index contributed by atoms with van der Waals surface area (Å²) in [7, 11) is 0. The van der Waals surface area contributed by atoms with Crippen LogP contribution in [0.1, 0.15) is 46.0 Å². The SMILES string of the molecule is CC(C)CCN1CCNC(=O)C1CC(=O)NC1CCC1. The normalized spacial score (nSPS) is 24.4. The van der Waals surface area contributed by atoms with Gasteiger partial charge in [0.05, 0.1) is 12.5 Å². The fraction of sp³-hybridized carbons (Fsp3) is 0.867. The summed E-state index contributed by atoms with van der Waals surface area (Å²) in [5.74, 6) is 0.638. The van der Waals surface area contributed by atoms with Crippen molar-refractivity contribution in [3.63, 3.8) is 0 Å². The van der Waals surface area contributed by atoms with E-state index in [1.807, 2.05) is 0 Å². The van der Waals surface area contributed by atoms with Gasteiger partial charge in [-0.05, 0) is 38.1 Å². The van der Waals surface area contributed by atoms with Gasteiger partial charge in [0.2, 0.25) is 11.8 Å². The molecule has 1 heterocycles. The van der Waals surface area contributed by atoms with Gasteiger partial charge in [0.25, 0.3) is 0 Å². The average Bonchev–Trinajstić information content (AvgIpc) is 2.34. The van der Waals surface area contributed by atoms with E-state index in [0.29, 0.717) is 24.9 Å². The number of hydrogen-bond donors (Lipinski definition) is 2. The van der Waals surface area contributed by atoms with E-state index >= 15 is 0 Å². The summed E-state index contributed by atoms with van der Waals surface area (Å²) in [6.07, 6.45) is 4.73. The lowest BCUT2D eigenvalue weighted by Crippen LogP contribution is -2.57. The van der Waals surface area contributed by atoms with Gasteiger partial charge in [-0.15, -0.1) is 0 Å². The van der Waals surface area contributed by atoms with E-state index < -0.39 is 0 Å². The molecule has 1 unspecified atom stereocenters. The molecule has 2 amide bonds. The lowest BCUT2D eigenvalue weighted by atomic mass is 9.93. The van der Waals surface area contributed by atoms with E-state index in [1.54, 1.807) is 0 Å². The first-order valence-corrected chi connectivity index (χ1v) is 7.87. The van der Waals surface area contributed by atoms with Crippen molar-refractivity contribution in [1.82, 2.24) is 15.5 Å². The molecule has 20 heavy (non-hydrogen) atoms. The van der Waals surface area contributed by atoms with Gasteiger partial charge >= 0.3 is 0 Å². The topological polar surface area (TPSA) is 61.4 Å². The van der Waals surface area contributed by atoms with Crippen LogP contribution in [0.3, 0.4) is 0 Å². The van der Waals surface area contributed by atoms with Crippen molar-refractivity contribution in [2.45, 2.75) is 58.0 Å². The molecule has 2 fully saturated rings. The standard InChI is InChI=1S/C15H27N3O2/c1-11(2)6-8-18-9-7-16-15(20)13(18)10-14(19)17-12-4-3-5-12/h11-13H,3-10H2,1-2H3,(H,16,20)(H,17,19). The lowest BCUT2D eigenvalue weighted by Gasteiger charge is -2.35. The van der Waals surface area contributed by atoms with Crippen LogP contribution >= 0.6 is 0 Å². The van der Waals surface area contributed by atoms with Crippen LogP contribution in [0, 0.1) is 5.92 Å². The van der Waals surface area contributed by atoms with Crippen molar-refractivity contribution < 1.29 is 9.59 Å². The minimum absolute atomic E-state index is 0.00349. The average molecular weight is 281 g/mol. The molecule has 0 spiro atoms. The predicted molar refractivity (Wildman–Crippen MR) is 78.2 cm³/mol. The Morgan fingerprint density at radius 2 is 2.20 bits per heavy atom. The van der Waals surface area contributed by atoms with Crippen LogP contribution < -0.4 is 10.6 Å². The molecule has 0 aromatic heterocycles. The van der Waals surface area contributed by atoms with Crippen LogP contribution in [0.5, 0.6) is 0 Å². The maximum Gasteiger partial charge on any atom is 0.237 e. The molecule has 1 saturated carbocycles. The molecule has 0 radical (unpaired) electrons. The zero-order chi connectivity index (χ0) is 14.5. The van der Waals surface area contributed by atoms with E-state index in [2.05, 4.69) is 29.4 Å². The number of carbonyl (C=O) groups is 2. The Balaban J connectivity index is 1.85. The maximum absolute atomic E-state index is 12.0. The second-order valence-electron chi connectivity index (χ2n) is 6.42. The van der Waals surface area contributed by atoms with Crippen LogP contribution in [0.4, 0.5) is 0 Å². The van der Waals surface area contributed by atoms with Gasteiger partial charge in [-0.1, -0.05) is 13.8 Å². The molecule has 1 atom stereocenters. The molecule has 1 aliphatic heterocycles. The lowest BCUT2D eigenvalue weighted by molar-refractivity contribution is -0.134. The maximum atomic E-state index is 12.0. The molecule has 0 aromatic carbocycles. The molecule has 114 valence electrons. The highest BCUT2D eigenvalue weighted by Gasteiger charge is 2.32. The molecular formula is C15H27N3O2. The fourth-order valence-electron chi connectivity index (χ4n) is 2.69. The molecule has 0 bridgehead atoms. The van der Waals surface area contributed by atoms with Crippen molar-refractivity contribution in [3.8, 4) is 0 Å². The summed E-state index contributed by atoms with van der Waals surface area (Å²) in [6, 6.07) is 0.0563. The highest BCUT2D eigenvalue weighted by molar-refractivity contribution is 5.88. The third kappa shape index (κ3) is 4.20. The third-order valence-electron chi connectivity index (χ3n) is 4.28. The second-order valence-corrected chi connectivity index (χ2v) is 6.42. The highest BCUT2D eigenvalue weighted by Crippen LogP contribution is 2.19. The van der Waals surface area contributed by atoms with E-state index in [4.69, 9.17) is 0 Å². The van der Waals surface area contributed by atoms with Crippen LogP contribution in [0.2, 0.25) is 0 Å². The van der Waals surface area contributed by atoms with Crippen LogP contribution in [0.15, 0.2) is 0 Å². The van der Waals surface area contributed by atoms with Crippen molar-refractivity contribution in [1.29, 1.82) is 0 Å². The third-order valence-corrected chi connectivity index (χ3v) is 4.28. The number of nitrogens with one attached hydrogen (secondary N) is 2. The molecule has 1 aliphatic carbocycles. The minimum atomic E-state index is -0.289. The van der Waals surface area contributed by atoms with Crippen molar-refractivity contribution >= 4 is 11.8 Å². The van der Waals surface area contributed by atoms with Crippen LogP contribution in [0.25, 0.3) is 0 Å². The molecule has 5 nitrogen and oxygen atoms in total. The Hall–Kier alpha value is -1.10. The Bertz CT molecular complexity index is 353. The van der Waals surface area contributed by atoms with Gasteiger partial charge in [0.15, 0.2) is 0 Å². The number of carbonyl (C=O) groups excluding carboxylic acids is 2.